The van der Waals surface area contributed by atoms with Gasteiger partial charge in [-0.1, -0.05) is 27.2 Å². The minimum Gasteiger partial charge on any atom is -0.250 e. The highest BCUT2D eigenvalue weighted by atomic mass is 32.3. The van der Waals surface area contributed by atoms with Gasteiger partial charge in [0.25, 0.3) is 0 Å². The highest BCUT2D eigenvalue weighted by molar-refractivity contribution is 8.33. The van der Waals surface area contributed by atoms with Crippen molar-refractivity contribution in [1.82, 2.24) is 0 Å². The van der Waals surface area contributed by atoms with Crippen LogP contribution in [0.2, 0.25) is 0 Å². The zero-order valence-corrected chi connectivity index (χ0v) is 10.6. The van der Waals surface area contributed by atoms with Crippen molar-refractivity contribution >= 4 is 10.0 Å². The molecule has 0 N–H and O–H groups in total. The van der Waals surface area contributed by atoms with Gasteiger partial charge in [0.2, 0.25) is 0 Å². The summed E-state index contributed by atoms with van der Waals surface area (Å²) in [6.07, 6.45) is 7.05. The summed E-state index contributed by atoms with van der Waals surface area (Å²) in [7, 11) is -0.709. The lowest BCUT2D eigenvalue weighted by molar-refractivity contribution is 0.428. The maximum Gasteiger partial charge on any atom is 0.100 e. The Balaban J connectivity index is 4.20. The van der Waals surface area contributed by atoms with E-state index in [1.165, 1.54) is 18.6 Å². The molecule has 0 fully saturated rings. The monoisotopic (exact) mass is 208 g/mol. The fraction of sp³-hybridized carbons (Fsp3) is 1.00. The summed E-state index contributed by atoms with van der Waals surface area (Å²) >= 11 is 0. The van der Waals surface area contributed by atoms with Crippen molar-refractivity contribution in [3.63, 3.8) is 0 Å². The van der Waals surface area contributed by atoms with Crippen LogP contribution in [0.4, 0.5) is 4.39 Å². The average molecular weight is 208 g/mol. The second kappa shape index (κ2) is 5.90. The molecule has 0 aliphatic carbocycles. The van der Waals surface area contributed by atoms with Crippen molar-refractivity contribution in [2.75, 3.05) is 24.9 Å². The van der Waals surface area contributed by atoms with Gasteiger partial charge < -0.3 is 0 Å². The zero-order valence-electron chi connectivity index (χ0n) is 9.77. The lowest BCUT2D eigenvalue weighted by atomic mass is 10.1. The number of rotatable bonds is 6. The molecule has 0 radical (unpaired) electrons. The van der Waals surface area contributed by atoms with E-state index in [0.717, 1.165) is 0 Å². The molecule has 82 valence electrons. The van der Waals surface area contributed by atoms with E-state index >= 15 is 0 Å². The van der Waals surface area contributed by atoms with Gasteiger partial charge in [0.1, 0.15) is 6.67 Å². The van der Waals surface area contributed by atoms with E-state index in [4.69, 9.17) is 0 Å². The molecule has 0 amide bonds. The Morgan fingerprint density at radius 2 is 1.77 bits per heavy atom. The summed E-state index contributed by atoms with van der Waals surface area (Å²) in [6.45, 7) is 6.36. The van der Waals surface area contributed by atoms with Gasteiger partial charge in [-0.05, 0) is 30.6 Å². The standard InChI is InChI=1S/C11H25FS/c1-6-7-8-13(4,5)11(9-12)10(2)3/h10-11H,6-9H2,1-5H3. The Morgan fingerprint density at radius 3 is 2.08 bits per heavy atom. The van der Waals surface area contributed by atoms with Crippen LogP contribution in [0.25, 0.3) is 0 Å². The third kappa shape index (κ3) is 4.35. The summed E-state index contributed by atoms with van der Waals surface area (Å²) in [5.41, 5.74) is 0. The molecule has 0 aliphatic rings. The smallest absolute Gasteiger partial charge is 0.100 e. The Kier molecular flexibility index (Phi) is 6.02. The molecule has 0 bridgehead atoms. The first-order valence-corrected chi connectivity index (χ1v) is 7.89. The number of hydrogen-bond acceptors (Lipinski definition) is 0. The maximum absolute atomic E-state index is 12.9. The van der Waals surface area contributed by atoms with Crippen LogP contribution in [0.3, 0.4) is 0 Å². The Morgan fingerprint density at radius 1 is 1.23 bits per heavy atom. The first-order valence-electron chi connectivity index (χ1n) is 5.21. The van der Waals surface area contributed by atoms with E-state index in [1.807, 2.05) is 0 Å². The SMILES string of the molecule is CCCCS(C)(C)C(CF)C(C)C. The third-order valence-corrected chi connectivity index (χ3v) is 6.39. The summed E-state index contributed by atoms with van der Waals surface area (Å²) in [6, 6.07) is 0. The molecule has 2 heteroatoms. The highest BCUT2D eigenvalue weighted by Crippen LogP contribution is 2.49. The molecule has 0 rings (SSSR count). The molecule has 0 aromatic heterocycles. The fourth-order valence-corrected chi connectivity index (χ4v) is 4.90. The van der Waals surface area contributed by atoms with Crippen LogP contribution in [-0.2, 0) is 0 Å². The summed E-state index contributed by atoms with van der Waals surface area (Å²) < 4.78 is 12.9. The van der Waals surface area contributed by atoms with E-state index in [1.54, 1.807) is 0 Å². The number of hydrogen-bond donors (Lipinski definition) is 0. The Labute approximate surface area is 84.6 Å². The second-order valence-corrected chi connectivity index (χ2v) is 8.88. The van der Waals surface area contributed by atoms with Crippen LogP contribution >= 0.6 is 10.0 Å². The molecule has 1 atom stereocenters. The fourth-order valence-electron chi connectivity index (χ4n) is 1.75. The molecule has 0 nitrogen and oxygen atoms in total. The van der Waals surface area contributed by atoms with E-state index in [-0.39, 0.29) is 6.67 Å². The van der Waals surface area contributed by atoms with Crippen molar-refractivity contribution in [1.29, 1.82) is 0 Å². The quantitative estimate of drug-likeness (QED) is 0.622. The van der Waals surface area contributed by atoms with Gasteiger partial charge in [-0.25, -0.2) is 14.4 Å². The second-order valence-electron chi connectivity index (χ2n) is 4.62. The lowest BCUT2D eigenvalue weighted by Crippen LogP contribution is -2.26. The molecule has 1 unspecified atom stereocenters. The summed E-state index contributed by atoms with van der Waals surface area (Å²) in [5, 5.41) is 0.305. The molecule has 13 heavy (non-hydrogen) atoms. The van der Waals surface area contributed by atoms with Crippen LogP contribution in [-0.4, -0.2) is 30.2 Å². The molecule has 0 aromatic rings. The molecular weight excluding hydrogens is 183 g/mol. The minimum atomic E-state index is -0.709. The topological polar surface area (TPSA) is 0 Å². The summed E-state index contributed by atoms with van der Waals surface area (Å²) in [4.78, 5) is 0. The van der Waals surface area contributed by atoms with Crippen LogP contribution in [0.1, 0.15) is 33.6 Å². The van der Waals surface area contributed by atoms with Gasteiger partial charge in [0, 0.05) is 5.25 Å². The molecular formula is C11H25FS. The van der Waals surface area contributed by atoms with Gasteiger partial charge >= 0.3 is 0 Å². The van der Waals surface area contributed by atoms with Gasteiger partial charge in [0.15, 0.2) is 0 Å². The van der Waals surface area contributed by atoms with E-state index in [9.17, 15) is 4.39 Å². The van der Waals surface area contributed by atoms with Crippen LogP contribution < -0.4 is 0 Å². The first kappa shape index (κ1) is 13.3. The molecule has 0 aliphatic heterocycles. The number of alkyl halides is 1. The largest absolute Gasteiger partial charge is 0.250 e. The van der Waals surface area contributed by atoms with Crippen LogP contribution in [0.15, 0.2) is 0 Å². The Hall–Kier alpha value is 0.280. The first-order chi connectivity index (χ1) is 5.95. The molecule has 0 spiro atoms. The highest BCUT2D eigenvalue weighted by Gasteiger charge is 2.26. The van der Waals surface area contributed by atoms with Crippen LogP contribution in [0, 0.1) is 5.92 Å². The zero-order chi connectivity index (χ0) is 10.5. The predicted octanol–water partition coefficient (Wildman–Crippen LogP) is 3.84. The van der Waals surface area contributed by atoms with Crippen molar-refractivity contribution in [3.05, 3.63) is 0 Å². The van der Waals surface area contributed by atoms with Gasteiger partial charge in [-0.2, -0.15) is 0 Å². The van der Waals surface area contributed by atoms with E-state index in [2.05, 4.69) is 33.3 Å². The average Bonchev–Trinajstić information content (AvgIpc) is 2.01. The normalized spacial score (nSPS) is 16.2. The molecule has 0 saturated carbocycles. The molecule has 0 heterocycles. The third-order valence-electron chi connectivity index (χ3n) is 2.74. The number of unbranched alkanes of at least 4 members (excludes halogenated alkanes) is 1. The van der Waals surface area contributed by atoms with Crippen LogP contribution in [0.5, 0.6) is 0 Å². The molecule has 0 saturated heterocycles. The van der Waals surface area contributed by atoms with E-state index in [0.29, 0.717) is 11.2 Å². The minimum absolute atomic E-state index is 0.135. The van der Waals surface area contributed by atoms with Crippen molar-refractivity contribution in [2.45, 2.75) is 38.9 Å². The van der Waals surface area contributed by atoms with Crippen molar-refractivity contribution < 1.29 is 4.39 Å². The van der Waals surface area contributed by atoms with Gasteiger partial charge in [-0.15, -0.1) is 0 Å². The van der Waals surface area contributed by atoms with E-state index < -0.39 is 10.0 Å². The predicted molar refractivity (Wildman–Crippen MR) is 63.8 cm³/mol. The van der Waals surface area contributed by atoms with Crippen molar-refractivity contribution in [3.8, 4) is 0 Å². The number of halogens is 1. The maximum atomic E-state index is 12.9. The Bertz CT molecular complexity index is 132. The van der Waals surface area contributed by atoms with Gasteiger partial charge in [0.05, 0.1) is 0 Å². The lowest BCUT2D eigenvalue weighted by Gasteiger charge is -2.41. The van der Waals surface area contributed by atoms with Crippen molar-refractivity contribution in [2.24, 2.45) is 5.92 Å². The summed E-state index contributed by atoms with van der Waals surface area (Å²) in [5.74, 6) is 1.72. The molecule has 0 aromatic carbocycles. The van der Waals surface area contributed by atoms with Gasteiger partial charge in [-0.3, -0.25) is 0 Å².